The molecule has 3 heteroatoms. The molecule has 1 N–H and O–H groups in total. The quantitative estimate of drug-likeness (QED) is 0.809. The van der Waals surface area contributed by atoms with Crippen molar-refractivity contribution in [3.63, 3.8) is 0 Å². The standard InChI is InChI=1S/C16H22N2O/c1-3-18(10-6-7-11-19)16-12-13(2)17-15-9-5-4-8-14(15)16/h4-5,8-9,12,19H,3,6-7,10-11H2,1-2H3. The van der Waals surface area contributed by atoms with E-state index in [1.807, 2.05) is 13.0 Å². The Morgan fingerprint density at radius 1 is 1.21 bits per heavy atom. The second-order valence-electron chi connectivity index (χ2n) is 4.81. The number of aryl methyl sites for hydroxylation is 1. The van der Waals surface area contributed by atoms with Crippen molar-refractivity contribution >= 4 is 16.6 Å². The molecule has 0 spiro atoms. The molecule has 0 bridgehead atoms. The summed E-state index contributed by atoms with van der Waals surface area (Å²) in [5.41, 5.74) is 3.36. The molecule has 0 saturated heterocycles. The van der Waals surface area contributed by atoms with E-state index >= 15 is 0 Å². The maximum atomic E-state index is 8.91. The van der Waals surface area contributed by atoms with E-state index in [0.29, 0.717) is 0 Å². The Morgan fingerprint density at radius 3 is 2.74 bits per heavy atom. The predicted octanol–water partition coefficient (Wildman–Crippen LogP) is 3.14. The van der Waals surface area contributed by atoms with Gasteiger partial charge in [-0.1, -0.05) is 18.2 Å². The van der Waals surface area contributed by atoms with Crippen molar-refractivity contribution in [1.82, 2.24) is 4.98 Å². The lowest BCUT2D eigenvalue weighted by atomic mass is 10.1. The third-order valence-corrected chi connectivity index (χ3v) is 3.38. The zero-order chi connectivity index (χ0) is 13.7. The number of benzene rings is 1. The highest BCUT2D eigenvalue weighted by Crippen LogP contribution is 2.26. The molecule has 0 aliphatic carbocycles. The van der Waals surface area contributed by atoms with Gasteiger partial charge in [0.25, 0.3) is 0 Å². The molecule has 102 valence electrons. The van der Waals surface area contributed by atoms with Gasteiger partial charge in [0, 0.05) is 36.5 Å². The molecule has 19 heavy (non-hydrogen) atoms. The molecule has 0 aliphatic heterocycles. The molecular formula is C16H22N2O. The first-order valence-electron chi connectivity index (χ1n) is 6.98. The lowest BCUT2D eigenvalue weighted by Crippen LogP contribution is -2.24. The van der Waals surface area contributed by atoms with Crippen molar-refractivity contribution in [2.75, 3.05) is 24.6 Å². The number of fused-ring (bicyclic) bond motifs is 1. The van der Waals surface area contributed by atoms with Gasteiger partial charge < -0.3 is 10.0 Å². The van der Waals surface area contributed by atoms with E-state index in [9.17, 15) is 0 Å². The highest BCUT2D eigenvalue weighted by molar-refractivity contribution is 5.91. The molecule has 2 aromatic rings. The van der Waals surface area contributed by atoms with E-state index in [-0.39, 0.29) is 6.61 Å². The number of pyridine rings is 1. The second-order valence-corrected chi connectivity index (χ2v) is 4.81. The van der Waals surface area contributed by atoms with Crippen molar-refractivity contribution in [3.05, 3.63) is 36.0 Å². The molecule has 3 nitrogen and oxygen atoms in total. The van der Waals surface area contributed by atoms with Crippen LogP contribution in [0.25, 0.3) is 10.9 Å². The topological polar surface area (TPSA) is 36.4 Å². The molecule has 0 fully saturated rings. The van der Waals surface area contributed by atoms with Gasteiger partial charge in [-0.2, -0.15) is 0 Å². The number of aromatic nitrogens is 1. The Hall–Kier alpha value is -1.61. The molecule has 0 radical (unpaired) electrons. The summed E-state index contributed by atoms with van der Waals surface area (Å²) in [5, 5.41) is 10.1. The minimum Gasteiger partial charge on any atom is -0.396 e. The zero-order valence-corrected chi connectivity index (χ0v) is 11.8. The SMILES string of the molecule is CCN(CCCCO)c1cc(C)nc2ccccc12. The fourth-order valence-corrected chi connectivity index (χ4v) is 2.41. The number of nitrogens with zero attached hydrogens (tertiary/aromatic N) is 2. The van der Waals surface area contributed by atoms with E-state index in [1.54, 1.807) is 0 Å². The number of rotatable bonds is 6. The zero-order valence-electron chi connectivity index (χ0n) is 11.8. The van der Waals surface area contributed by atoms with Crippen LogP contribution in [0.15, 0.2) is 30.3 Å². The smallest absolute Gasteiger partial charge is 0.0726 e. The molecular weight excluding hydrogens is 236 g/mol. The number of hydrogen-bond acceptors (Lipinski definition) is 3. The van der Waals surface area contributed by atoms with Gasteiger partial charge in [0.15, 0.2) is 0 Å². The summed E-state index contributed by atoms with van der Waals surface area (Å²) >= 11 is 0. The van der Waals surface area contributed by atoms with Crippen LogP contribution in [0.4, 0.5) is 5.69 Å². The van der Waals surface area contributed by atoms with Gasteiger partial charge >= 0.3 is 0 Å². The van der Waals surface area contributed by atoms with Crippen LogP contribution in [-0.4, -0.2) is 29.8 Å². The van der Waals surface area contributed by atoms with Crippen LogP contribution in [0.1, 0.15) is 25.5 Å². The third kappa shape index (κ3) is 3.24. The minimum atomic E-state index is 0.272. The molecule has 0 aliphatic rings. The molecule has 1 aromatic carbocycles. The Labute approximate surface area is 114 Å². The first-order valence-corrected chi connectivity index (χ1v) is 6.98. The van der Waals surface area contributed by atoms with E-state index in [2.05, 4.69) is 41.1 Å². The van der Waals surface area contributed by atoms with Gasteiger partial charge in [0.05, 0.1) is 5.52 Å². The third-order valence-electron chi connectivity index (χ3n) is 3.38. The summed E-state index contributed by atoms with van der Waals surface area (Å²) in [6.45, 7) is 6.43. The number of para-hydroxylation sites is 1. The highest BCUT2D eigenvalue weighted by atomic mass is 16.2. The molecule has 0 amide bonds. The number of anilines is 1. The molecule has 0 unspecified atom stereocenters. The van der Waals surface area contributed by atoms with Gasteiger partial charge in [0.2, 0.25) is 0 Å². The van der Waals surface area contributed by atoms with Crippen LogP contribution < -0.4 is 4.90 Å². The van der Waals surface area contributed by atoms with Gasteiger partial charge in [-0.25, -0.2) is 0 Å². The van der Waals surface area contributed by atoms with Crippen LogP contribution in [0.3, 0.4) is 0 Å². The summed E-state index contributed by atoms with van der Waals surface area (Å²) in [4.78, 5) is 6.95. The largest absolute Gasteiger partial charge is 0.396 e. The predicted molar refractivity (Wildman–Crippen MR) is 80.7 cm³/mol. The minimum absolute atomic E-state index is 0.272. The lowest BCUT2D eigenvalue weighted by molar-refractivity contribution is 0.285. The van der Waals surface area contributed by atoms with Crippen LogP contribution in [-0.2, 0) is 0 Å². The highest BCUT2D eigenvalue weighted by Gasteiger charge is 2.09. The first-order chi connectivity index (χ1) is 9.26. The van der Waals surface area contributed by atoms with Crippen molar-refractivity contribution < 1.29 is 5.11 Å². The van der Waals surface area contributed by atoms with Crippen LogP contribution in [0, 0.1) is 6.92 Å². The van der Waals surface area contributed by atoms with Gasteiger partial charge in [-0.15, -0.1) is 0 Å². The summed E-state index contributed by atoms with van der Waals surface area (Å²) in [7, 11) is 0. The second kappa shape index (κ2) is 6.53. The maximum absolute atomic E-state index is 8.91. The Bertz CT molecular complexity index is 539. The van der Waals surface area contributed by atoms with Gasteiger partial charge in [0.1, 0.15) is 0 Å². The lowest BCUT2D eigenvalue weighted by Gasteiger charge is -2.25. The normalized spacial score (nSPS) is 10.9. The molecule has 1 aromatic heterocycles. The van der Waals surface area contributed by atoms with Crippen LogP contribution >= 0.6 is 0 Å². The number of hydrogen-bond donors (Lipinski definition) is 1. The summed E-state index contributed by atoms with van der Waals surface area (Å²) in [6, 6.07) is 10.4. The molecule has 0 saturated carbocycles. The average molecular weight is 258 g/mol. The van der Waals surface area contributed by atoms with E-state index in [4.69, 9.17) is 5.11 Å². The monoisotopic (exact) mass is 258 g/mol. The van der Waals surface area contributed by atoms with Crippen LogP contribution in [0.2, 0.25) is 0 Å². The Kier molecular flexibility index (Phi) is 4.74. The number of aliphatic hydroxyl groups excluding tert-OH is 1. The van der Waals surface area contributed by atoms with Crippen LogP contribution in [0.5, 0.6) is 0 Å². The maximum Gasteiger partial charge on any atom is 0.0726 e. The average Bonchev–Trinajstić information content (AvgIpc) is 2.43. The van der Waals surface area contributed by atoms with Gasteiger partial charge in [-0.05, 0) is 38.8 Å². The Balaban J connectivity index is 2.35. The van der Waals surface area contributed by atoms with Gasteiger partial charge in [-0.3, -0.25) is 4.98 Å². The Morgan fingerprint density at radius 2 is 2.00 bits per heavy atom. The summed E-state index contributed by atoms with van der Waals surface area (Å²) in [6.07, 6.45) is 1.87. The molecule has 1 heterocycles. The van der Waals surface area contributed by atoms with Crippen molar-refractivity contribution in [3.8, 4) is 0 Å². The van der Waals surface area contributed by atoms with E-state index < -0.39 is 0 Å². The van der Waals surface area contributed by atoms with Crippen molar-refractivity contribution in [2.24, 2.45) is 0 Å². The first kappa shape index (κ1) is 13.8. The fraction of sp³-hybridized carbons (Fsp3) is 0.438. The fourth-order valence-electron chi connectivity index (χ4n) is 2.41. The van der Waals surface area contributed by atoms with Crippen molar-refractivity contribution in [2.45, 2.75) is 26.7 Å². The number of unbranched alkanes of at least 4 members (excludes halogenated alkanes) is 1. The molecule has 2 rings (SSSR count). The van der Waals surface area contributed by atoms with E-state index in [0.717, 1.165) is 37.1 Å². The summed E-state index contributed by atoms with van der Waals surface area (Å²) in [5.74, 6) is 0. The summed E-state index contributed by atoms with van der Waals surface area (Å²) < 4.78 is 0. The van der Waals surface area contributed by atoms with E-state index in [1.165, 1.54) is 11.1 Å². The molecule has 0 atom stereocenters. The van der Waals surface area contributed by atoms with Crippen molar-refractivity contribution in [1.29, 1.82) is 0 Å². The number of aliphatic hydroxyl groups is 1.